The Labute approximate surface area is 177 Å². The monoisotopic (exact) mass is 408 g/mol. The molecule has 1 atom stereocenters. The highest BCUT2D eigenvalue weighted by Gasteiger charge is 2.34. The molecule has 0 saturated carbocycles. The molecule has 0 fully saturated rings. The highest BCUT2D eigenvalue weighted by Crippen LogP contribution is 2.32. The van der Waals surface area contributed by atoms with Gasteiger partial charge in [0.05, 0.1) is 17.7 Å². The molecular weight excluding hydrogens is 380 g/mol. The van der Waals surface area contributed by atoms with E-state index in [1.807, 2.05) is 68.4 Å². The molecular formula is C24H28N2O4. The fraction of sp³-hybridized carbons (Fsp3) is 0.333. The minimum absolute atomic E-state index is 0.261. The molecule has 1 heterocycles. The Morgan fingerprint density at radius 3 is 2.50 bits per heavy atom. The molecule has 0 bridgehead atoms. The normalized spacial score (nSPS) is 16.1. The van der Waals surface area contributed by atoms with E-state index in [1.54, 1.807) is 0 Å². The van der Waals surface area contributed by atoms with Gasteiger partial charge in [-0.05, 0) is 56.5 Å². The summed E-state index contributed by atoms with van der Waals surface area (Å²) in [7, 11) is 0. The van der Waals surface area contributed by atoms with E-state index >= 15 is 0 Å². The smallest absolute Gasteiger partial charge is 0.338 e. The molecule has 0 spiro atoms. The van der Waals surface area contributed by atoms with Crippen LogP contribution in [0.25, 0.3) is 0 Å². The average Bonchev–Trinajstić information content (AvgIpc) is 2.72. The molecule has 2 aromatic carbocycles. The fourth-order valence-electron chi connectivity index (χ4n) is 3.32. The minimum Gasteiger partial charge on any atom is -0.459 e. The Morgan fingerprint density at radius 2 is 1.80 bits per heavy atom. The van der Waals surface area contributed by atoms with Crippen LogP contribution >= 0.6 is 0 Å². The van der Waals surface area contributed by atoms with Crippen LogP contribution in [0.15, 0.2) is 65.9 Å². The van der Waals surface area contributed by atoms with E-state index in [0.717, 1.165) is 18.4 Å². The number of carbonyl (C=O) groups excluding carboxylic acids is 2. The van der Waals surface area contributed by atoms with Crippen LogP contribution in [0.5, 0.6) is 11.5 Å². The second kappa shape index (κ2) is 9.96. The van der Waals surface area contributed by atoms with Crippen LogP contribution in [0.1, 0.15) is 51.6 Å². The number of benzene rings is 2. The molecule has 6 heteroatoms. The van der Waals surface area contributed by atoms with Gasteiger partial charge in [0.25, 0.3) is 0 Å². The molecule has 1 aliphatic heterocycles. The number of para-hydroxylation sites is 1. The second-order valence-corrected chi connectivity index (χ2v) is 7.47. The second-order valence-electron chi connectivity index (χ2n) is 7.47. The van der Waals surface area contributed by atoms with E-state index in [1.165, 1.54) is 0 Å². The fourth-order valence-corrected chi connectivity index (χ4v) is 3.32. The lowest BCUT2D eigenvalue weighted by Gasteiger charge is -2.30. The first-order valence-electron chi connectivity index (χ1n) is 10.3. The number of allylic oxidation sites excluding steroid dienone is 1. The van der Waals surface area contributed by atoms with Crippen molar-refractivity contribution in [2.75, 3.05) is 0 Å². The van der Waals surface area contributed by atoms with Crippen molar-refractivity contribution in [2.24, 2.45) is 0 Å². The van der Waals surface area contributed by atoms with Crippen molar-refractivity contribution in [2.45, 2.75) is 52.2 Å². The van der Waals surface area contributed by atoms with Crippen LogP contribution < -0.4 is 15.4 Å². The summed E-state index contributed by atoms with van der Waals surface area (Å²) in [5.41, 5.74) is 1.81. The highest BCUT2D eigenvalue weighted by molar-refractivity contribution is 5.95. The molecule has 6 nitrogen and oxygen atoms in total. The Morgan fingerprint density at radius 1 is 1.07 bits per heavy atom. The number of hydrogen-bond donors (Lipinski definition) is 2. The zero-order valence-corrected chi connectivity index (χ0v) is 17.6. The van der Waals surface area contributed by atoms with E-state index in [9.17, 15) is 9.59 Å². The van der Waals surface area contributed by atoms with Crippen molar-refractivity contribution in [1.29, 1.82) is 0 Å². The van der Waals surface area contributed by atoms with Gasteiger partial charge in [-0.2, -0.15) is 0 Å². The maximum absolute atomic E-state index is 12.9. The third-order valence-corrected chi connectivity index (χ3v) is 4.67. The lowest BCUT2D eigenvalue weighted by Crippen LogP contribution is -2.46. The predicted octanol–water partition coefficient (Wildman–Crippen LogP) is 5.23. The number of ether oxygens (including phenoxy) is 2. The van der Waals surface area contributed by atoms with Gasteiger partial charge in [-0.1, -0.05) is 43.7 Å². The quantitative estimate of drug-likeness (QED) is 0.587. The number of nitrogens with one attached hydrogen (secondary N) is 2. The van der Waals surface area contributed by atoms with Crippen molar-refractivity contribution in [1.82, 2.24) is 10.6 Å². The van der Waals surface area contributed by atoms with E-state index in [0.29, 0.717) is 29.2 Å². The van der Waals surface area contributed by atoms with Gasteiger partial charge < -0.3 is 20.1 Å². The zero-order valence-electron chi connectivity index (χ0n) is 17.6. The van der Waals surface area contributed by atoms with E-state index in [4.69, 9.17) is 9.47 Å². The third kappa shape index (κ3) is 5.41. The molecule has 2 aromatic rings. The average molecular weight is 408 g/mol. The summed E-state index contributed by atoms with van der Waals surface area (Å²) < 4.78 is 11.4. The SMILES string of the molecule is CCCCC1=C(C(=O)OC(C)C)C(c2cccc(Oc3ccccc3)c2)NC(=O)N1. The Bertz CT molecular complexity index is 922. The Hall–Kier alpha value is -3.28. The van der Waals surface area contributed by atoms with Gasteiger partial charge in [0.15, 0.2) is 0 Å². The number of carbonyl (C=O) groups is 2. The van der Waals surface area contributed by atoms with Gasteiger partial charge in [-0.25, -0.2) is 9.59 Å². The van der Waals surface area contributed by atoms with Crippen molar-refractivity contribution >= 4 is 12.0 Å². The topological polar surface area (TPSA) is 76.7 Å². The molecule has 30 heavy (non-hydrogen) atoms. The molecule has 0 aliphatic carbocycles. The van der Waals surface area contributed by atoms with Crippen LogP contribution in [0.2, 0.25) is 0 Å². The summed E-state index contributed by atoms with van der Waals surface area (Å²) >= 11 is 0. The number of urea groups is 1. The standard InChI is InChI=1S/C24H28N2O4/c1-4-5-14-20-21(23(27)29-16(2)3)22(26-24(28)25-20)17-10-9-13-19(15-17)30-18-11-7-6-8-12-18/h6-13,15-16,22H,4-5,14H2,1-3H3,(H2,25,26,28). The minimum atomic E-state index is -0.615. The van der Waals surface area contributed by atoms with Gasteiger partial charge in [0.2, 0.25) is 0 Å². The number of rotatable bonds is 8. The largest absolute Gasteiger partial charge is 0.459 e. The lowest BCUT2D eigenvalue weighted by atomic mass is 9.93. The molecule has 3 rings (SSSR count). The number of hydrogen-bond acceptors (Lipinski definition) is 4. The summed E-state index contributed by atoms with van der Waals surface area (Å²) in [6.07, 6.45) is 2.15. The molecule has 1 aliphatic rings. The number of amides is 2. The Balaban J connectivity index is 1.97. The zero-order chi connectivity index (χ0) is 21.5. The van der Waals surface area contributed by atoms with Gasteiger partial charge in [-0.15, -0.1) is 0 Å². The highest BCUT2D eigenvalue weighted by atomic mass is 16.5. The molecule has 0 saturated heterocycles. The number of esters is 1. The van der Waals surface area contributed by atoms with Crippen molar-refractivity contribution in [3.05, 3.63) is 71.4 Å². The summed E-state index contributed by atoms with van der Waals surface area (Å²) in [5, 5.41) is 5.68. The molecule has 2 N–H and O–H groups in total. The van der Waals surface area contributed by atoms with Crippen molar-refractivity contribution < 1.29 is 19.1 Å². The Kier molecular flexibility index (Phi) is 7.12. The number of unbranched alkanes of at least 4 members (excludes halogenated alkanes) is 1. The van der Waals surface area contributed by atoms with Gasteiger partial charge in [0, 0.05) is 5.70 Å². The molecule has 158 valence electrons. The van der Waals surface area contributed by atoms with Crippen molar-refractivity contribution in [3.8, 4) is 11.5 Å². The molecule has 0 aromatic heterocycles. The lowest BCUT2D eigenvalue weighted by molar-refractivity contribution is -0.143. The van der Waals surface area contributed by atoms with Crippen LogP contribution in [0.3, 0.4) is 0 Å². The predicted molar refractivity (Wildman–Crippen MR) is 115 cm³/mol. The maximum atomic E-state index is 12.9. The summed E-state index contributed by atoms with van der Waals surface area (Å²) in [6.45, 7) is 5.68. The van der Waals surface area contributed by atoms with Gasteiger partial charge in [0.1, 0.15) is 11.5 Å². The van der Waals surface area contributed by atoms with Crippen LogP contribution in [-0.2, 0) is 9.53 Å². The summed E-state index contributed by atoms with van der Waals surface area (Å²) in [4.78, 5) is 25.3. The summed E-state index contributed by atoms with van der Waals surface area (Å²) in [5.74, 6) is 0.906. The van der Waals surface area contributed by atoms with Crippen molar-refractivity contribution in [3.63, 3.8) is 0 Å². The first-order valence-corrected chi connectivity index (χ1v) is 10.3. The first-order chi connectivity index (χ1) is 14.5. The van der Waals surface area contributed by atoms with Crippen LogP contribution in [0, 0.1) is 0 Å². The van der Waals surface area contributed by atoms with Gasteiger partial charge >= 0.3 is 12.0 Å². The van der Waals surface area contributed by atoms with E-state index < -0.39 is 12.0 Å². The molecule has 2 amide bonds. The van der Waals surface area contributed by atoms with Crippen LogP contribution in [0.4, 0.5) is 4.79 Å². The first kappa shape index (κ1) is 21.4. The van der Waals surface area contributed by atoms with Crippen LogP contribution in [-0.4, -0.2) is 18.1 Å². The third-order valence-electron chi connectivity index (χ3n) is 4.67. The molecule has 1 unspecified atom stereocenters. The van der Waals surface area contributed by atoms with E-state index in [2.05, 4.69) is 17.6 Å². The van der Waals surface area contributed by atoms with E-state index in [-0.39, 0.29) is 12.1 Å². The van der Waals surface area contributed by atoms with Gasteiger partial charge in [-0.3, -0.25) is 0 Å². The maximum Gasteiger partial charge on any atom is 0.338 e. The molecule has 0 radical (unpaired) electrons. The summed E-state index contributed by atoms with van der Waals surface area (Å²) in [6, 6.07) is 15.9.